The summed E-state index contributed by atoms with van der Waals surface area (Å²) in [4.78, 5) is 8.38. The number of hydrogen-bond donors (Lipinski definition) is 1. The molecule has 0 bridgehead atoms. The standard InChI is InChI=1S/C17H18F3N3O/c1-11-6-12(8-23-16(11)15-10-21-4-5-24-15)7-14-3-2-13(9-22-14)17(18,19)20/h2-3,6,8-9,15,21H,4-5,7,10H2,1H3. The number of halogens is 3. The van der Waals surface area contributed by atoms with Crippen molar-refractivity contribution in [1.29, 1.82) is 0 Å². The highest BCUT2D eigenvalue weighted by Gasteiger charge is 2.30. The Balaban J connectivity index is 1.72. The van der Waals surface area contributed by atoms with Crippen LogP contribution >= 0.6 is 0 Å². The van der Waals surface area contributed by atoms with E-state index in [2.05, 4.69) is 15.3 Å². The van der Waals surface area contributed by atoms with E-state index in [-0.39, 0.29) is 6.10 Å². The van der Waals surface area contributed by atoms with Crippen LogP contribution in [-0.4, -0.2) is 29.7 Å². The second-order valence-electron chi connectivity index (χ2n) is 5.82. The van der Waals surface area contributed by atoms with Crippen LogP contribution in [0.5, 0.6) is 0 Å². The zero-order valence-corrected chi connectivity index (χ0v) is 13.2. The maximum atomic E-state index is 12.6. The molecule has 0 amide bonds. The molecule has 24 heavy (non-hydrogen) atoms. The Morgan fingerprint density at radius 1 is 1.25 bits per heavy atom. The predicted octanol–water partition coefficient (Wildman–Crippen LogP) is 3.06. The fourth-order valence-corrected chi connectivity index (χ4v) is 2.72. The van der Waals surface area contributed by atoms with Crippen molar-refractivity contribution in [2.75, 3.05) is 19.7 Å². The summed E-state index contributed by atoms with van der Waals surface area (Å²) >= 11 is 0. The maximum absolute atomic E-state index is 12.6. The molecule has 1 fully saturated rings. The highest BCUT2D eigenvalue weighted by molar-refractivity contribution is 5.29. The average molecular weight is 337 g/mol. The Hall–Kier alpha value is -1.99. The summed E-state index contributed by atoms with van der Waals surface area (Å²) in [5.74, 6) is 0. The number of aromatic nitrogens is 2. The SMILES string of the molecule is Cc1cc(Cc2ccc(C(F)(F)F)cn2)cnc1C1CNCCO1. The Kier molecular flexibility index (Phi) is 4.82. The first-order valence-electron chi connectivity index (χ1n) is 7.73. The van der Waals surface area contributed by atoms with Gasteiger partial charge in [0.05, 0.1) is 17.9 Å². The predicted molar refractivity (Wildman–Crippen MR) is 82.6 cm³/mol. The lowest BCUT2D eigenvalue weighted by Gasteiger charge is -2.24. The molecule has 128 valence electrons. The van der Waals surface area contributed by atoms with E-state index in [4.69, 9.17) is 4.74 Å². The maximum Gasteiger partial charge on any atom is 0.417 e. The van der Waals surface area contributed by atoms with Crippen LogP contribution in [0.4, 0.5) is 13.2 Å². The van der Waals surface area contributed by atoms with Gasteiger partial charge < -0.3 is 10.1 Å². The fraction of sp³-hybridized carbons (Fsp3) is 0.412. The quantitative estimate of drug-likeness (QED) is 0.935. The molecule has 1 atom stereocenters. The van der Waals surface area contributed by atoms with Gasteiger partial charge in [0.25, 0.3) is 0 Å². The van der Waals surface area contributed by atoms with Crippen LogP contribution in [0.1, 0.15) is 34.2 Å². The Morgan fingerprint density at radius 2 is 2.08 bits per heavy atom. The third kappa shape index (κ3) is 3.91. The number of pyridine rings is 2. The van der Waals surface area contributed by atoms with Crippen LogP contribution in [0.3, 0.4) is 0 Å². The van der Waals surface area contributed by atoms with Crippen LogP contribution in [0.2, 0.25) is 0 Å². The first kappa shape index (κ1) is 16.9. The van der Waals surface area contributed by atoms with Crippen molar-refractivity contribution in [3.05, 3.63) is 58.7 Å². The van der Waals surface area contributed by atoms with Crippen LogP contribution in [0.15, 0.2) is 30.6 Å². The first-order chi connectivity index (χ1) is 11.4. The van der Waals surface area contributed by atoms with E-state index in [1.807, 2.05) is 13.0 Å². The van der Waals surface area contributed by atoms with Gasteiger partial charge in [0, 0.05) is 37.6 Å². The third-order valence-corrected chi connectivity index (χ3v) is 3.95. The molecule has 0 aliphatic carbocycles. The number of ether oxygens (including phenoxy) is 1. The molecular weight excluding hydrogens is 319 g/mol. The van der Waals surface area contributed by atoms with E-state index in [1.165, 1.54) is 6.07 Å². The van der Waals surface area contributed by atoms with Crippen molar-refractivity contribution in [1.82, 2.24) is 15.3 Å². The van der Waals surface area contributed by atoms with E-state index in [9.17, 15) is 13.2 Å². The summed E-state index contributed by atoms with van der Waals surface area (Å²) in [5.41, 5.74) is 2.65. The summed E-state index contributed by atoms with van der Waals surface area (Å²) in [6.45, 7) is 4.19. The topological polar surface area (TPSA) is 47.0 Å². The molecule has 3 heterocycles. The number of hydrogen-bond acceptors (Lipinski definition) is 4. The molecule has 2 aromatic rings. The molecule has 4 nitrogen and oxygen atoms in total. The van der Waals surface area contributed by atoms with Crippen molar-refractivity contribution in [2.45, 2.75) is 25.6 Å². The second kappa shape index (κ2) is 6.86. The number of rotatable bonds is 3. The molecule has 2 aromatic heterocycles. The highest BCUT2D eigenvalue weighted by atomic mass is 19.4. The van der Waals surface area contributed by atoms with Crippen molar-refractivity contribution in [3.8, 4) is 0 Å². The van der Waals surface area contributed by atoms with Gasteiger partial charge >= 0.3 is 6.18 Å². The smallest absolute Gasteiger partial charge is 0.369 e. The van der Waals surface area contributed by atoms with Gasteiger partial charge in [-0.25, -0.2) is 0 Å². The van der Waals surface area contributed by atoms with Gasteiger partial charge in [-0.2, -0.15) is 13.2 Å². The third-order valence-electron chi connectivity index (χ3n) is 3.95. The molecule has 7 heteroatoms. The molecule has 3 rings (SSSR count). The molecule has 1 N–H and O–H groups in total. The summed E-state index contributed by atoms with van der Waals surface area (Å²) in [7, 11) is 0. The molecule has 1 unspecified atom stereocenters. The Labute approximate surface area is 138 Å². The summed E-state index contributed by atoms with van der Waals surface area (Å²) < 4.78 is 43.4. The lowest BCUT2D eigenvalue weighted by molar-refractivity contribution is -0.137. The minimum atomic E-state index is -4.36. The molecule has 0 radical (unpaired) electrons. The molecule has 0 saturated carbocycles. The number of alkyl halides is 3. The van der Waals surface area contributed by atoms with Gasteiger partial charge in [-0.1, -0.05) is 6.07 Å². The van der Waals surface area contributed by atoms with E-state index < -0.39 is 11.7 Å². The van der Waals surface area contributed by atoms with Gasteiger partial charge in [-0.05, 0) is 30.2 Å². The van der Waals surface area contributed by atoms with Crippen LogP contribution in [-0.2, 0) is 17.3 Å². The number of nitrogens with zero attached hydrogens (tertiary/aromatic N) is 2. The van der Waals surface area contributed by atoms with Gasteiger partial charge in [0.1, 0.15) is 6.10 Å². The van der Waals surface area contributed by atoms with Crippen LogP contribution in [0, 0.1) is 6.92 Å². The van der Waals surface area contributed by atoms with Crippen LogP contribution in [0.25, 0.3) is 0 Å². The second-order valence-corrected chi connectivity index (χ2v) is 5.82. The number of morpholine rings is 1. The van der Waals surface area contributed by atoms with Crippen molar-refractivity contribution in [3.63, 3.8) is 0 Å². The van der Waals surface area contributed by atoms with Gasteiger partial charge in [0.15, 0.2) is 0 Å². The Bertz CT molecular complexity index is 695. The van der Waals surface area contributed by atoms with Crippen molar-refractivity contribution < 1.29 is 17.9 Å². The van der Waals surface area contributed by atoms with Crippen LogP contribution < -0.4 is 5.32 Å². The van der Waals surface area contributed by atoms with Crippen molar-refractivity contribution in [2.24, 2.45) is 0 Å². The monoisotopic (exact) mass is 337 g/mol. The summed E-state index contributed by atoms with van der Waals surface area (Å²) in [6, 6.07) is 4.44. The molecule has 1 saturated heterocycles. The minimum absolute atomic E-state index is 0.0583. The normalized spacial score (nSPS) is 18.6. The minimum Gasteiger partial charge on any atom is -0.369 e. The van der Waals surface area contributed by atoms with Crippen molar-refractivity contribution >= 4 is 0 Å². The first-order valence-corrected chi connectivity index (χ1v) is 7.73. The average Bonchev–Trinajstić information content (AvgIpc) is 2.55. The van der Waals surface area contributed by atoms with Gasteiger partial charge in [-0.15, -0.1) is 0 Å². The van der Waals surface area contributed by atoms with E-state index in [0.717, 1.165) is 42.2 Å². The van der Waals surface area contributed by atoms with Gasteiger partial charge in [-0.3, -0.25) is 9.97 Å². The molecule has 0 spiro atoms. The lowest BCUT2D eigenvalue weighted by Crippen LogP contribution is -2.34. The molecular formula is C17H18F3N3O. The summed E-state index contributed by atoms with van der Waals surface area (Å²) in [6.07, 6.45) is -1.38. The zero-order valence-electron chi connectivity index (χ0n) is 13.2. The number of nitrogens with one attached hydrogen (secondary N) is 1. The Morgan fingerprint density at radius 3 is 2.67 bits per heavy atom. The summed E-state index contributed by atoms with van der Waals surface area (Å²) in [5, 5.41) is 3.27. The molecule has 0 aromatic carbocycles. The fourth-order valence-electron chi connectivity index (χ4n) is 2.72. The van der Waals surface area contributed by atoms with E-state index in [1.54, 1.807) is 6.20 Å². The van der Waals surface area contributed by atoms with E-state index >= 15 is 0 Å². The molecule has 1 aliphatic heterocycles. The molecule has 1 aliphatic rings. The largest absolute Gasteiger partial charge is 0.417 e. The van der Waals surface area contributed by atoms with Gasteiger partial charge in [0.2, 0.25) is 0 Å². The highest BCUT2D eigenvalue weighted by Crippen LogP contribution is 2.28. The number of aryl methyl sites for hydroxylation is 1. The lowest BCUT2D eigenvalue weighted by atomic mass is 10.0. The zero-order chi connectivity index (χ0) is 17.2. The van der Waals surface area contributed by atoms with E-state index in [0.29, 0.717) is 18.7 Å².